The van der Waals surface area contributed by atoms with E-state index < -0.39 is 0 Å². The van der Waals surface area contributed by atoms with Crippen molar-refractivity contribution in [3.63, 3.8) is 0 Å². The van der Waals surface area contributed by atoms with Gasteiger partial charge in [-0.05, 0) is 49.9 Å². The summed E-state index contributed by atoms with van der Waals surface area (Å²) in [5.74, 6) is 0.652. The molecule has 0 saturated heterocycles. The molecule has 1 aromatic rings. The Kier molecular flexibility index (Phi) is 7.85. The summed E-state index contributed by atoms with van der Waals surface area (Å²) in [5.41, 5.74) is 7.62. The molecule has 0 saturated carbocycles. The van der Waals surface area contributed by atoms with E-state index in [-0.39, 0.29) is 5.91 Å². The third-order valence-corrected chi connectivity index (χ3v) is 4.36. The van der Waals surface area contributed by atoms with Crippen molar-refractivity contribution in [2.24, 2.45) is 11.7 Å². The first-order valence-electron chi connectivity index (χ1n) is 7.32. The number of halogens is 1. The molecule has 0 aliphatic carbocycles. The van der Waals surface area contributed by atoms with E-state index in [1.54, 1.807) is 0 Å². The van der Waals surface area contributed by atoms with Crippen molar-refractivity contribution in [1.82, 2.24) is 0 Å². The molecule has 0 aliphatic rings. The topological polar surface area (TPSA) is 55.1 Å². The summed E-state index contributed by atoms with van der Waals surface area (Å²) < 4.78 is 1.02. The fourth-order valence-electron chi connectivity index (χ4n) is 2.31. The zero-order valence-electron chi connectivity index (χ0n) is 12.4. The van der Waals surface area contributed by atoms with Crippen LogP contribution in [0.4, 0.5) is 5.69 Å². The Hall–Kier alpha value is -0.870. The van der Waals surface area contributed by atoms with Crippen LogP contribution in [-0.2, 0) is 4.79 Å². The molecule has 0 spiro atoms. The fraction of sp³-hybridized carbons (Fsp3) is 0.562. The van der Waals surface area contributed by atoms with Crippen LogP contribution in [-0.4, -0.2) is 12.5 Å². The van der Waals surface area contributed by atoms with Gasteiger partial charge in [-0.3, -0.25) is 4.79 Å². The summed E-state index contributed by atoms with van der Waals surface area (Å²) in [7, 11) is 0. The van der Waals surface area contributed by atoms with Crippen molar-refractivity contribution < 1.29 is 4.79 Å². The lowest BCUT2D eigenvalue weighted by Gasteiger charge is -2.14. The maximum Gasteiger partial charge on any atom is 0.224 e. The van der Waals surface area contributed by atoms with E-state index in [4.69, 9.17) is 5.73 Å². The van der Waals surface area contributed by atoms with E-state index in [0.717, 1.165) is 41.4 Å². The number of amides is 1. The van der Waals surface area contributed by atoms with Gasteiger partial charge in [0.05, 0.1) is 0 Å². The molecule has 0 bridgehead atoms. The first-order valence-corrected chi connectivity index (χ1v) is 8.12. The Morgan fingerprint density at radius 2 is 2.10 bits per heavy atom. The molecule has 3 N–H and O–H groups in total. The molecule has 1 atom stereocenters. The van der Waals surface area contributed by atoms with Gasteiger partial charge in [0.2, 0.25) is 5.91 Å². The van der Waals surface area contributed by atoms with Crippen molar-refractivity contribution in [2.75, 3.05) is 11.9 Å². The van der Waals surface area contributed by atoms with Crippen LogP contribution in [0.2, 0.25) is 0 Å². The van der Waals surface area contributed by atoms with Gasteiger partial charge in [-0.25, -0.2) is 0 Å². The second-order valence-corrected chi connectivity index (χ2v) is 6.14. The van der Waals surface area contributed by atoms with Crippen LogP contribution < -0.4 is 11.1 Å². The quantitative estimate of drug-likeness (QED) is 0.743. The number of carbonyl (C=O) groups excluding carboxylic acids is 1. The highest BCUT2D eigenvalue weighted by Crippen LogP contribution is 2.21. The lowest BCUT2D eigenvalue weighted by Crippen LogP contribution is -2.15. The van der Waals surface area contributed by atoms with E-state index in [9.17, 15) is 4.79 Å². The minimum absolute atomic E-state index is 0.0823. The molecular formula is C16H25BrN2O. The molecule has 1 unspecified atom stereocenters. The van der Waals surface area contributed by atoms with Crippen LogP contribution >= 0.6 is 15.9 Å². The molecule has 0 fully saturated rings. The van der Waals surface area contributed by atoms with Crippen LogP contribution in [0.3, 0.4) is 0 Å². The van der Waals surface area contributed by atoms with Gasteiger partial charge >= 0.3 is 0 Å². The largest absolute Gasteiger partial charge is 0.330 e. The third-order valence-electron chi connectivity index (χ3n) is 3.51. The maximum atomic E-state index is 12.0. The number of anilines is 1. The highest BCUT2D eigenvalue weighted by molar-refractivity contribution is 9.10. The van der Waals surface area contributed by atoms with E-state index in [0.29, 0.717) is 18.9 Å². The number of hydrogen-bond donors (Lipinski definition) is 2. The number of hydrogen-bond acceptors (Lipinski definition) is 2. The Morgan fingerprint density at radius 3 is 2.70 bits per heavy atom. The smallest absolute Gasteiger partial charge is 0.224 e. The second kappa shape index (κ2) is 9.14. The number of benzene rings is 1. The molecule has 3 nitrogen and oxygen atoms in total. The number of nitrogens with one attached hydrogen (secondary N) is 1. The minimum Gasteiger partial charge on any atom is -0.330 e. The standard InChI is InChI=1S/C16H25BrN2O/c1-3-4-13(9-10-18)6-8-16(20)19-14-7-5-12(2)15(17)11-14/h5,7,11,13H,3-4,6,8-10,18H2,1-2H3,(H,19,20). The Balaban J connectivity index is 2.44. The molecule has 0 aromatic heterocycles. The van der Waals surface area contributed by atoms with Gasteiger partial charge in [0.1, 0.15) is 0 Å². The highest BCUT2D eigenvalue weighted by atomic mass is 79.9. The zero-order chi connectivity index (χ0) is 15.0. The average molecular weight is 341 g/mol. The van der Waals surface area contributed by atoms with E-state index >= 15 is 0 Å². The number of carbonyl (C=O) groups is 1. The lowest BCUT2D eigenvalue weighted by atomic mass is 9.94. The lowest BCUT2D eigenvalue weighted by molar-refractivity contribution is -0.116. The summed E-state index contributed by atoms with van der Waals surface area (Å²) in [4.78, 5) is 12.0. The second-order valence-electron chi connectivity index (χ2n) is 5.28. The molecule has 0 radical (unpaired) electrons. The molecule has 1 aromatic carbocycles. The summed E-state index contributed by atoms with van der Waals surface area (Å²) >= 11 is 3.47. The number of aryl methyl sites for hydroxylation is 1. The SMILES string of the molecule is CCCC(CCN)CCC(=O)Nc1ccc(C)c(Br)c1. The van der Waals surface area contributed by atoms with Gasteiger partial charge in [0.15, 0.2) is 0 Å². The van der Waals surface area contributed by atoms with Crippen molar-refractivity contribution in [2.45, 2.75) is 46.0 Å². The van der Waals surface area contributed by atoms with Gasteiger partial charge < -0.3 is 11.1 Å². The molecule has 112 valence electrons. The van der Waals surface area contributed by atoms with Crippen LogP contribution in [0.25, 0.3) is 0 Å². The number of nitrogens with two attached hydrogens (primary N) is 1. The van der Waals surface area contributed by atoms with Crippen molar-refractivity contribution in [3.05, 3.63) is 28.2 Å². The molecule has 0 aliphatic heterocycles. The molecule has 1 amide bonds. The van der Waals surface area contributed by atoms with Gasteiger partial charge in [0, 0.05) is 16.6 Å². The zero-order valence-corrected chi connectivity index (χ0v) is 14.0. The van der Waals surface area contributed by atoms with Gasteiger partial charge in [-0.15, -0.1) is 0 Å². The fourth-order valence-corrected chi connectivity index (χ4v) is 2.69. The Bertz CT molecular complexity index is 428. The van der Waals surface area contributed by atoms with E-state index in [2.05, 4.69) is 28.2 Å². The number of rotatable bonds is 8. The maximum absolute atomic E-state index is 12.0. The average Bonchev–Trinajstić information content (AvgIpc) is 2.41. The van der Waals surface area contributed by atoms with Crippen LogP contribution in [0.5, 0.6) is 0 Å². The van der Waals surface area contributed by atoms with E-state index in [1.807, 2.05) is 25.1 Å². The van der Waals surface area contributed by atoms with Crippen LogP contribution in [0, 0.1) is 12.8 Å². The molecule has 1 rings (SSSR count). The van der Waals surface area contributed by atoms with Crippen molar-refractivity contribution >= 4 is 27.5 Å². The summed E-state index contributed by atoms with van der Waals surface area (Å²) in [5, 5.41) is 2.95. The first kappa shape index (κ1) is 17.2. The van der Waals surface area contributed by atoms with Gasteiger partial charge in [-0.1, -0.05) is 41.8 Å². The summed E-state index contributed by atoms with van der Waals surface area (Å²) in [6.45, 7) is 4.91. The molecular weight excluding hydrogens is 316 g/mol. The van der Waals surface area contributed by atoms with Crippen LogP contribution in [0.1, 0.15) is 44.6 Å². The predicted octanol–water partition coefficient (Wildman–Crippen LogP) is 4.24. The normalized spacial score (nSPS) is 12.2. The minimum atomic E-state index is 0.0823. The summed E-state index contributed by atoms with van der Waals surface area (Å²) in [6.07, 6.45) is 4.80. The molecule has 0 heterocycles. The monoisotopic (exact) mass is 340 g/mol. The Labute approximate surface area is 130 Å². The predicted molar refractivity (Wildman–Crippen MR) is 88.8 cm³/mol. The molecule has 4 heteroatoms. The van der Waals surface area contributed by atoms with Crippen molar-refractivity contribution in [3.8, 4) is 0 Å². The summed E-state index contributed by atoms with van der Waals surface area (Å²) in [6, 6.07) is 5.87. The van der Waals surface area contributed by atoms with Crippen molar-refractivity contribution in [1.29, 1.82) is 0 Å². The van der Waals surface area contributed by atoms with Gasteiger partial charge in [0.25, 0.3) is 0 Å². The third kappa shape index (κ3) is 6.06. The highest BCUT2D eigenvalue weighted by Gasteiger charge is 2.10. The molecule has 20 heavy (non-hydrogen) atoms. The first-order chi connectivity index (χ1) is 9.56. The van der Waals surface area contributed by atoms with E-state index in [1.165, 1.54) is 0 Å². The van der Waals surface area contributed by atoms with Gasteiger partial charge in [-0.2, -0.15) is 0 Å². The Morgan fingerprint density at radius 1 is 1.35 bits per heavy atom. The van der Waals surface area contributed by atoms with Crippen LogP contribution in [0.15, 0.2) is 22.7 Å².